The number of aromatic nitrogens is 2. The monoisotopic (exact) mass is 377 g/mol. The normalized spacial score (nSPS) is 21.3. The molecule has 0 saturated carbocycles. The first-order valence-corrected chi connectivity index (χ1v) is 9.77. The number of oxazole rings is 1. The summed E-state index contributed by atoms with van der Waals surface area (Å²) in [5.74, 6) is 0.644. The first-order valence-electron chi connectivity index (χ1n) is 8.89. The Morgan fingerprint density at radius 2 is 2.31 bits per heavy atom. The second-order valence-corrected chi connectivity index (χ2v) is 8.09. The van der Waals surface area contributed by atoms with Gasteiger partial charge in [0.1, 0.15) is 5.60 Å². The minimum Gasteiger partial charge on any atom is -0.438 e. The number of aryl methyl sites for hydroxylation is 2. The van der Waals surface area contributed by atoms with E-state index in [0.29, 0.717) is 43.7 Å². The Hall–Kier alpha value is -1.77. The van der Waals surface area contributed by atoms with Crippen molar-refractivity contribution in [2.24, 2.45) is 5.92 Å². The van der Waals surface area contributed by atoms with E-state index in [1.807, 2.05) is 12.3 Å². The fourth-order valence-corrected chi connectivity index (χ4v) is 4.41. The van der Waals surface area contributed by atoms with Crippen molar-refractivity contribution in [3.05, 3.63) is 33.9 Å². The first-order chi connectivity index (χ1) is 12.6. The number of rotatable bonds is 6. The quantitative estimate of drug-likeness (QED) is 0.720. The lowest BCUT2D eigenvalue weighted by molar-refractivity contribution is -0.121. The number of hydrogen-bond acceptors (Lipinski definition) is 7. The van der Waals surface area contributed by atoms with Crippen molar-refractivity contribution in [2.45, 2.75) is 38.9 Å². The second kappa shape index (κ2) is 7.09. The molecule has 0 aromatic carbocycles. The van der Waals surface area contributed by atoms with Crippen molar-refractivity contribution in [3.8, 4) is 0 Å². The Labute approximate surface area is 156 Å². The van der Waals surface area contributed by atoms with Gasteiger partial charge in [-0.1, -0.05) is 0 Å². The van der Waals surface area contributed by atoms with Crippen LogP contribution < -0.4 is 0 Å². The number of ether oxygens (including phenoxy) is 2. The summed E-state index contributed by atoms with van der Waals surface area (Å²) in [6, 6.07) is 0. The molecule has 2 aromatic heterocycles. The zero-order chi connectivity index (χ0) is 18.1. The van der Waals surface area contributed by atoms with E-state index in [9.17, 15) is 4.79 Å². The highest BCUT2D eigenvalue weighted by Crippen LogP contribution is 2.42. The third kappa shape index (κ3) is 3.28. The number of carbonyl (C=O) groups is 1. The number of carbonyl (C=O) groups excluding carboxylic acids is 1. The summed E-state index contributed by atoms with van der Waals surface area (Å²) in [6.07, 6.45) is 3.27. The Bertz CT molecular complexity index is 781. The molecule has 2 aromatic rings. The van der Waals surface area contributed by atoms with Crippen LogP contribution in [0, 0.1) is 19.8 Å². The first kappa shape index (κ1) is 17.6. The number of nitrogens with zero attached hydrogens (tertiary/aromatic N) is 3. The summed E-state index contributed by atoms with van der Waals surface area (Å²) in [4.78, 5) is 22.7. The van der Waals surface area contributed by atoms with Gasteiger partial charge in [0.15, 0.2) is 6.39 Å². The number of amides is 1. The smallest absolute Gasteiger partial charge is 0.291 e. The maximum absolute atomic E-state index is 12.5. The van der Waals surface area contributed by atoms with E-state index in [-0.39, 0.29) is 11.5 Å². The van der Waals surface area contributed by atoms with Crippen LogP contribution in [0.25, 0.3) is 0 Å². The molecule has 0 N–H and O–H groups in total. The summed E-state index contributed by atoms with van der Waals surface area (Å²) >= 11 is 1.64. The summed E-state index contributed by atoms with van der Waals surface area (Å²) in [7, 11) is 0. The predicted octanol–water partition coefficient (Wildman–Crippen LogP) is 2.59. The van der Waals surface area contributed by atoms with E-state index in [1.165, 1.54) is 6.39 Å². The number of likely N-dealkylation sites (tertiary alicyclic amines) is 1. The van der Waals surface area contributed by atoms with Gasteiger partial charge in [-0.3, -0.25) is 4.79 Å². The zero-order valence-corrected chi connectivity index (χ0v) is 15.9. The van der Waals surface area contributed by atoms with Crippen molar-refractivity contribution >= 4 is 17.2 Å². The summed E-state index contributed by atoms with van der Waals surface area (Å²) in [6.45, 7) is 6.99. The van der Waals surface area contributed by atoms with Crippen molar-refractivity contribution in [1.29, 1.82) is 0 Å². The van der Waals surface area contributed by atoms with Crippen LogP contribution >= 0.6 is 11.3 Å². The van der Waals surface area contributed by atoms with Gasteiger partial charge >= 0.3 is 0 Å². The minimum atomic E-state index is -0.218. The van der Waals surface area contributed by atoms with Gasteiger partial charge in [0.05, 0.1) is 36.1 Å². The summed E-state index contributed by atoms with van der Waals surface area (Å²) in [5, 5.41) is 3.10. The topological polar surface area (TPSA) is 77.7 Å². The van der Waals surface area contributed by atoms with E-state index in [1.54, 1.807) is 23.2 Å². The number of hydrogen-bond donors (Lipinski definition) is 0. The van der Waals surface area contributed by atoms with Gasteiger partial charge in [-0.05, 0) is 32.6 Å². The largest absolute Gasteiger partial charge is 0.438 e. The highest BCUT2D eigenvalue weighted by Gasteiger charge is 2.54. The van der Waals surface area contributed by atoms with Gasteiger partial charge in [-0.15, -0.1) is 11.3 Å². The highest BCUT2D eigenvalue weighted by molar-refractivity contribution is 7.09. The predicted molar refractivity (Wildman–Crippen MR) is 95.1 cm³/mol. The van der Waals surface area contributed by atoms with Crippen molar-refractivity contribution < 1.29 is 18.7 Å². The van der Waals surface area contributed by atoms with Crippen molar-refractivity contribution in [1.82, 2.24) is 14.9 Å². The van der Waals surface area contributed by atoms with Crippen LogP contribution in [0.2, 0.25) is 0 Å². The van der Waals surface area contributed by atoms with Crippen LogP contribution in [0.15, 0.2) is 16.2 Å². The molecule has 0 bridgehead atoms. The van der Waals surface area contributed by atoms with Gasteiger partial charge in [0, 0.05) is 18.6 Å². The SMILES string of the molecule is Cc1nc(COCCC2CCOC23CN(C(=O)c2ocnc2C)C3)cs1. The van der Waals surface area contributed by atoms with Gasteiger partial charge < -0.3 is 18.8 Å². The molecule has 2 aliphatic heterocycles. The third-order valence-corrected chi connectivity index (χ3v) is 6.09. The zero-order valence-electron chi connectivity index (χ0n) is 15.1. The van der Waals surface area contributed by atoms with Crippen LogP contribution in [0.3, 0.4) is 0 Å². The van der Waals surface area contributed by atoms with Crippen LogP contribution in [-0.2, 0) is 16.1 Å². The van der Waals surface area contributed by atoms with Gasteiger partial charge in [-0.2, -0.15) is 0 Å². The van der Waals surface area contributed by atoms with E-state index in [2.05, 4.69) is 9.97 Å². The Kier molecular flexibility index (Phi) is 4.81. The molecule has 8 heteroatoms. The van der Waals surface area contributed by atoms with Crippen LogP contribution in [-0.4, -0.2) is 52.7 Å². The molecular formula is C18H23N3O4S. The van der Waals surface area contributed by atoms with Crippen LogP contribution in [0.1, 0.15) is 39.8 Å². The summed E-state index contributed by atoms with van der Waals surface area (Å²) in [5.41, 5.74) is 1.41. The maximum Gasteiger partial charge on any atom is 0.291 e. The molecule has 4 rings (SSSR count). The van der Waals surface area contributed by atoms with Crippen LogP contribution in [0.4, 0.5) is 0 Å². The molecule has 0 aliphatic carbocycles. The molecule has 1 unspecified atom stereocenters. The molecule has 2 aliphatic rings. The molecule has 1 spiro atoms. The van der Waals surface area contributed by atoms with E-state index >= 15 is 0 Å². The molecule has 7 nitrogen and oxygen atoms in total. The van der Waals surface area contributed by atoms with E-state index in [0.717, 1.165) is 30.2 Å². The Morgan fingerprint density at radius 3 is 3.00 bits per heavy atom. The maximum atomic E-state index is 12.5. The standard InChI is InChI=1S/C18H23N3O4S/c1-12-16(24-11-19-12)17(22)21-9-18(10-21)14(4-6-25-18)3-5-23-7-15-8-26-13(2)20-15/h8,11,14H,3-7,9-10H2,1-2H3. The van der Waals surface area contributed by atoms with Gasteiger partial charge in [0.2, 0.25) is 5.76 Å². The van der Waals surface area contributed by atoms with Gasteiger partial charge in [0.25, 0.3) is 5.91 Å². The lowest BCUT2D eigenvalue weighted by atomic mass is 9.79. The molecule has 140 valence electrons. The molecule has 2 saturated heterocycles. The fraction of sp³-hybridized carbons (Fsp3) is 0.611. The molecule has 1 amide bonds. The molecule has 1 atom stereocenters. The number of thiazole rings is 1. The molecule has 2 fully saturated rings. The second-order valence-electron chi connectivity index (χ2n) is 7.03. The Morgan fingerprint density at radius 1 is 1.46 bits per heavy atom. The molecule has 4 heterocycles. The average molecular weight is 377 g/mol. The van der Waals surface area contributed by atoms with E-state index in [4.69, 9.17) is 13.9 Å². The highest BCUT2D eigenvalue weighted by atomic mass is 32.1. The van der Waals surface area contributed by atoms with Gasteiger partial charge in [-0.25, -0.2) is 9.97 Å². The van der Waals surface area contributed by atoms with Crippen molar-refractivity contribution in [3.63, 3.8) is 0 Å². The lowest BCUT2D eigenvalue weighted by Gasteiger charge is -2.50. The van der Waals surface area contributed by atoms with Crippen molar-refractivity contribution in [2.75, 3.05) is 26.3 Å². The fourth-order valence-electron chi connectivity index (χ4n) is 3.81. The summed E-state index contributed by atoms with van der Waals surface area (Å²) < 4.78 is 17.0. The average Bonchev–Trinajstić information content (AvgIpc) is 3.29. The molecule has 0 radical (unpaired) electrons. The lowest BCUT2D eigenvalue weighted by Crippen LogP contribution is -2.66. The molecular weight excluding hydrogens is 354 g/mol. The van der Waals surface area contributed by atoms with E-state index < -0.39 is 0 Å². The third-order valence-electron chi connectivity index (χ3n) is 5.27. The molecule has 26 heavy (non-hydrogen) atoms. The Balaban J connectivity index is 1.26. The minimum absolute atomic E-state index is 0.102. The van der Waals surface area contributed by atoms with Crippen LogP contribution in [0.5, 0.6) is 0 Å².